The Labute approximate surface area is 174 Å². The Kier molecular flexibility index (Phi) is 4.58. The summed E-state index contributed by atoms with van der Waals surface area (Å²) in [5.74, 6) is 0.670. The number of nitrogens with one attached hydrogen (secondary N) is 1. The molecule has 156 valence electrons. The fourth-order valence-electron chi connectivity index (χ4n) is 4.68. The average Bonchev–Trinajstić information content (AvgIpc) is 3.34. The zero-order valence-corrected chi connectivity index (χ0v) is 17.6. The highest BCUT2D eigenvalue weighted by atomic mass is 16.5. The molecule has 0 aliphatic carbocycles. The fraction of sp³-hybridized carbons (Fsp3) is 0.409. The van der Waals surface area contributed by atoms with E-state index in [2.05, 4.69) is 46.1 Å². The van der Waals surface area contributed by atoms with Crippen molar-refractivity contribution in [1.29, 1.82) is 0 Å². The molecule has 0 amide bonds. The van der Waals surface area contributed by atoms with Gasteiger partial charge >= 0.3 is 5.69 Å². The molecular formula is C22H26N6O2. The van der Waals surface area contributed by atoms with Crippen LogP contribution in [0.3, 0.4) is 0 Å². The SMILES string of the molecule is CCc1cc2c(cc1-c1cc(OC)c3ncnn3c1)[nH]c(=O)n2C1CCCN(C)C1. The number of nitrogens with zero attached hydrogens (tertiary/aromatic N) is 5. The zero-order chi connectivity index (χ0) is 20.8. The molecule has 0 spiro atoms. The zero-order valence-electron chi connectivity index (χ0n) is 17.6. The minimum absolute atomic E-state index is 0.0335. The number of aromatic amines is 1. The number of hydrogen-bond acceptors (Lipinski definition) is 5. The number of aryl methyl sites for hydroxylation is 1. The Balaban J connectivity index is 1.68. The minimum atomic E-state index is -0.0335. The second kappa shape index (κ2) is 7.28. The van der Waals surface area contributed by atoms with Crippen molar-refractivity contribution < 1.29 is 4.74 Å². The number of benzene rings is 1. The van der Waals surface area contributed by atoms with Crippen LogP contribution < -0.4 is 10.4 Å². The van der Waals surface area contributed by atoms with E-state index in [1.807, 2.05) is 16.8 Å². The molecular weight excluding hydrogens is 380 g/mol. The van der Waals surface area contributed by atoms with Gasteiger partial charge in [0.1, 0.15) is 6.33 Å². The number of likely N-dealkylation sites (N-methyl/N-ethyl adjacent to an activating group) is 1. The molecule has 0 saturated carbocycles. The van der Waals surface area contributed by atoms with Crippen molar-refractivity contribution in [3.63, 3.8) is 0 Å². The molecule has 8 heteroatoms. The molecule has 1 N–H and O–H groups in total. The molecule has 1 fully saturated rings. The standard InChI is InChI=1S/C22H26N6O2/c1-4-14-8-19-18(25-22(29)28(19)16-6-5-7-26(2)12-16)10-17(14)15-9-20(30-3)21-23-13-24-27(21)11-15/h8-11,13,16H,4-7,12H2,1-3H3,(H,25,29). The van der Waals surface area contributed by atoms with Crippen LogP contribution in [0, 0.1) is 0 Å². The molecule has 1 aliphatic heterocycles. The Morgan fingerprint density at radius 3 is 2.93 bits per heavy atom. The van der Waals surface area contributed by atoms with Gasteiger partial charge in [-0.15, -0.1) is 0 Å². The molecule has 1 unspecified atom stereocenters. The lowest BCUT2D eigenvalue weighted by Gasteiger charge is -2.30. The van der Waals surface area contributed by atoms with Gasteiger partial charge in [0, 0.05) is 18.3 Å². The summed E-state index contributed by atoms with van der Waals surface area (Å²) in [6.45, 7) is 4.13. The lowest BCUT2D eigenvalue weighted by molar-refractivity contribution is 0.212. The van der Waals surface area contributed by atoms with E-state index >= 15 is 0 Å². The van der Waals surface area contributed by atoms with Gasteiger partial charge in [0.2, 0.25) is 0 Å². The molecule has 0 bridgehead atoms. The summed E-state index contributed by atoms with van der Waals surface area (Å²) in [5, 5.41) is 4.28. The highest BCUT2D eigenvalue weighted by Crippen LogP contribution is 2.33. The van der Waals surface area contributed by atoms with Crippen LogP contribution in [0.1, 0.15) is 31.4 Å². The normalized spacial score (nSPS) is 17.8. The van der Waals surface area contributed by atoms with Crippen molar-refractivity contribution in [3.05, 3.63) is 46.8 Å². The Morgan fingerprint density at radius 1 is 1.30 bits per heavy atom. The number of piperidine rings is 1. The Bertz CT molecular complexity index is 1280. The molecule has 5 rings (SSSR count). The molecule has 1 saturated heterocycles. The van der Waals surface area contributed by atoms with Crippen LogP contribution in [0.15, 0.2) is 35.5 Å². The first-order valence-electron chi connectivity index (χ1n) is 10.4. The van der Waals surface area contributed by atoms with Crippen molar-refractivity contribution in [2.45, 2.75) is 32.2 Å². The van der Waals surface area contributed by atoms with E-state index < -0.39 is 0 Å². The van der Waals surface area contributed by atoms with Crippen molar-refractivity contribution in [2.75, 3.05) is 27.2 Å². The second-order valence-corrected chi connectivity index (χ2v) is 8.06. The maximum Gasteiger partial charge on any atom is 0.326 e. The maximum atomic E-state index is 12.9. The highest BCUT2D eigenvalue weighted by Gasteiger charge is 2.23. The smallest absolute Gasteiger partial charge is 0.326 e. The Hall–Kier alpha value is -3.13. The first kappa shape index (κ1) is 18.9. The summed E-state index contributed by atoms with van der Waals surface area (Å²) >= 11 is 0. The minimum Gasteiger partial charge on any atom is -0.493 e. The van der Waals surface area contributed by atoms with Gasteiger partial charge in [-0.25, -0.2) is 14.3 Å². The molecule has 3 aromatic heterocycles. The topological polar surface area (TPSA) is 80.5 Å². The van der Waals surface area contributed by atoms with Crippen molar-refractivity contribution in [2.24, 2.45) is 0 Å². The number of aromatic nitrogens is 5. The van der Waals surface area contributed by atoms with Gasteiger partial charge in [-0.3, -0.25) is 4.57 Å². The van der Waals surface area contributed by atoms with Crippen LogP contribution in [0.4, 0.5) is 0 Å². The average molecular weight is 406 g/mol. The van der Waals surface area contributed by atoms with Crippen LogP contribution >= 0.6 is 0 Å². The largest absolute Gasteiger partial charge is 0.493 e. The molecule has 4 heterocycles. The number of fused-ring (bicyclic) bond motifs is 2. The maximum absolute atomic E-state index is 12.9. The third-order valence-corrected chi connectivity index (χ3v) is 6.16. The van der Waals surface area contributed by atoms with Gasteiger partial charge in [0.15, 0.2) is 11.4 Å². The number of rotatable bonds is 4. The predicted octanol–water partition coefficient (Wildman–Crippen LogP) is 2.88. The fourth-order valence-corrected chi connectivity index (χ4v) is 4.68. The van der Waals surface area contributed by atoms with Crippen LogP contribution in [0.2, 0.25) is 0 Å². The van der Waals surface area contributed by atoms with Crippen LogP contribution in [-0.2, 0) is 6.42 Å². The lowest BCUT2D eigenvalue weighted by Crippen LogP contribution is -2.36. The number of methoxy groups -OCH3 is 1. The van der Waals surface area contributed by atoms with Gasteiger partial charge in [-0.2, -0.15) is 5.10 Å². The summed E-state index contributed by atoms with van der Waals surface area (Å²) < 4.78 is 9.21. The first-order valence-corrected chi connectivity index (χ1v) is 10.4. The van der Waals surface area contributed by atoms with Crippen molar-refractivity contribution in [3.8, 4) is 16.9 Å². The van der Waals surface area contributed by atoms with E-state index in [9.17, 15) is 4.79 Å². The van der Waals surface area contributed by atoms with E-state index in [0.717, 1.165) is 54.5 Å². The summed E-state index contributed by atoms with van der Waals surface area (Å²) in [6, 6.07) is 6.42. The summed E-state index contributed by atoms with van der Waals surface area (Å²) in [7, 11) is 3.76. The molecule has 8 nitrogen and oxygen atoms in total. The number of pyridine rings is 1. The van der Waals surface area contributed by atoms with Gasteiger partial charge in [0.25, 0.3) is 0 Å². The van der Waals surface area contributed by atoms with E-state index in [-0.39, 0.29) is 11.7 Å². The summed E-state index contributed by atoms with van der Waals surface area (Å²) in [5.41, 5.74) is 5.72. The van der Waals surface area contributed by atoms with Gasteiger partial charge in [-0.1, -0.05) is 6.92 Å². The number of likely N-dealkylation sites (tertiary alicyclic amines) is 1. The lowest BCUT2D eigenvalue weighted by atomic mass is 9.98. The molecule has 30 heavy (non-hydrogen) atoms. The van der Waals surface area contributed by atoms with Crippen LogP contribution in [0.5, 0.6) is 5.75 Å². The summed E-state index contributed by atoms with van der Waals surface area (Å²) in [6.07, 6.45) is 6.46. The van der Waals surface area contributed by atoms with Crippen LogP contribution in [-0.4, -0.2) is 56.3 Å². The number of ether oxygens (including phenoxy) is 1. The van der Waals surface area contributed by atoms with Crippen LogP contribution in [0.25, 0.3) is 27.8 Å². The van der Waals surface area contributed by atoms with E-state index in [1.54, 1.807) is 11.6 Å². The monoisotopic (exact) mass is 406 g/mol. The number of imidazole rings is 1. The van der Waals surface area contributed by atoms with Crippen molar-refractivity contribution in [1.82, 2.24) is 29.0 Å². The molecule has 4 aromatic rings. The van der Waals surface area contributed by atoms with E-state index in [4.69, 9.17) is 4.74 Å². The van der Waals surface area contributed by atoms with Gasteiger partial charge in [-0.05, 0) is 62.2 Å². The van der Waals surface area contributed by atoms with E-state index in [0.29, 0.717) is 11.4 Å². The molecule has 1 aliphatic rings. The Morgan fingerprint density at radius 2 is 2.17 bits per heavy atom. The summed E-state index contributed by atoms with van der Waals surface area (Å²) in [4.78, 5) is 22.5. The van der Waals surface area contributed by atoms with Gasteiger partial charge in [0.05, 0.1) is 24.2 Å². The van der Waals surface area contributed by atoms with E-state index in [1.165, 1.54) is 11.9 Å². The third-order valence-electron chi connectivity index (χ3n) is 6.16. The molecule has 1 atom stereocenters. The quantitative estimate of drug-likeness (QED) is 0.564. The number of H-pyrrole nitrogens is 1. The third kappa shape index (κ3) is 2.99. The highest BCUT2D eigenvalue weighted by molar-refractivity contribution is 5.85. The number of hydrogen-bond donors (Lipinski definition) is 1. The predicted molar refractivity (Wildman–Crippen MR) is 116 cm³/mol. The second-order valence-electron chi connectivity index (χ2n) is 8.06. The first-order chi connectivity index (χ1) is 14.6. The van der Waals surface area contributed by atoms with Gasteiger partial charge < -0.3 is 14.6 Å². The molecule has 0 radical (unpaired) electrons. The molecule has 1 aromatic carbocycles. The van der Waals surface area contributed by atoms with Crippen molar-refractivity contribution >= 4 is 16.7 Å².